The average Bonchev–Trinajstić information content (AvgIpc) is 1.71. The molecule has 602 valence electrons. The van der Waals surface area contributed by atoms with E-state index in [1.54, 1.807) is 31.2 Å². The number of rotatable bonds is 7. The molecule has 20 nitrogen and oxygen atoms in total. The van der Waals surface area contributed by atoms with Gasteiger partial charge in [0.1, 0.15) is 34.7 Å². The summed E-state index contributed by atoms with van der Waals surface area (Å²) in [6, 6.07) is 49.7. The Morgan fingerprint density at radius 3 is 1.47 bits per heavy atom. The van der Waals surface area contributed by atoms with Crippen molar-refractivity contribution in [3.05, 3.63) is 310 Å². The third-order valence-electron chi connectivity index (χ3n) is 20.1. The molecular formula is C90H92Br4ClFN12O8. The second-order valence-corrected chi connectivity index (χ2v) is 34.3. The van der Waals surface area contributed by atoms with Gasteiger partial charge in [-0.1, -0.05) is 159 Å². The molecule has 26 heteroatoms. The first-order valence-electron chi connectivity index (χ1n) is 37.9. The first kappa shape index (κ1) is 89.9. The van der Waals surface area contributed by atoms with Crippen molar-refractivity contribution in [1.29, 1.82) is 5.26 Å². The molecule has 0 saturated heterocycles. The van der Waals surface area contributed by atoms with Crippen LogP contribution in [-0.4, -0.2) is 61.9 Å². The molecule has 5 unspecified atom stereocenters. The third kappa shape index (κ3) is 25.0. The minimum atomic E-state index is -0.487. The van der Waals surface area contributed by atoms with Crippen LogP contribution in [0.3, 0.4) is 0 Å². The molecule has 116 heavy (non-hydrogen) atoms. The van der Waals surface area contributed by atoms with Crippen molar-refractivity contribution in [3.8, 4) is 6.07 Å². The maximum atomic E-state index is 13.4. The molecule has 8 aromatic carbocycles. The van der Waals surface area contributed by atoms with E-state index >= 15 is 0 Å². The number of aryl methyl sites for hydroxylation is 8. The van der Waals surface area contributed by atoms with E-state index in [2.05, 4.69) is 152 Å². The first-order valence-corrected chi connectivity index (χ1v) is 41.1. The fraction of sp³-hybridized carbons (Fsp3) is 0.322. The molecule has 1 heterocycles. The normalized spacial score (nSPS) is 17.1. The van der Waals surface area contributed by atoms with Crippen molar-refractivity contribution in [3.63, 3.8) is 0 Å². The zero-order valence-electron chi connectivity index (χ0n) is 65.4. The number of alkyl carbamates (subject to hydrolysis) is 2. The summed E-state index contributed by atoms with van der Waals surface area (Å²) in [5, 5.41) is 32.4. The summed E-state index contributed by atoms with van der Waals surface area (Å²) < 4.78 is 28.3. The van der Waals surface area contributed by atoms with Crippen LogP contribution >= 0.6 is 76.1 Å². The van der Waals surface area contributed by atoms with Crippen molar-refractivity contribution < 1.29 is 43.0 Å². The average molecular weight is 1840 g/mol. The number of carbonyl (C=O) groups is 5. The number of nitrogens with one attached hydrogen (secondary N) is 4. The van der Waals surface area contributed by atoms with Gasteiger partial charge in [-0.15, -0.1) is 12.4 Å². The number of ether oxygens (including phenoxy) is 2. The van der Waals surface area contributed by atoms with Crippen LogP contribution in [0.25, 0.3) is 9.69 Å². The van der Waals surface area contributed by atoms with E-state index in [4.69, 9.17) is 44.6 Å². The summed E-state index contributed by atoms with van der Waals surface area (Å²) in [6.07, 6.45) is 13.3. The number of Topliss-reactive ketones (excluding diaryl/α,β-unsaturated/α-hetero) is 1. The van der Waals surface area contributed by atoms with Gasteiger partial charge in [0.25, 0.3) is 11.8 Å². The highest BCUT2D eigenvalue weighted by atomic mass is 79.9. The minimum Gasteiger partial charge on any atom is -0.444 e. The predicted molar refractivity (Wildman–Crippen MR) is 464 cm³/mol. The Bertz CT molecular complexity index is 5300. The number of fused-ring (bicyclic) bond motifs is 7. The molecule has 9 N–H and O–H groups in total. The van der Waals surface area contributed by atoms with Crippen molar-refractivity contribution in [2.75, 3.05) is 0 Å². The van der Waals surface area contributed by atoms with Gasteiger partial charge in [-0.2, -0.15) is 5.26 Å². The summed E-state index contributed by atoms with van der Waals surface area (Å²) in [4.78, 5) is 74.7. The van der Waals surface area contributed by atoms with Gasteiger partial charge < -0.3 is 47.4 Å². The van der Waals surface area contributed by atoms with Gasteiger partial charge >= 0.3 is 12.2 Å². The largest absolute Gasteiger partial charge is 0.444 e. The molecular weight excluding hydrogens is 1750 g/mol. The van der Waals surface area contributed by atoms with Crippen molar-refractivity contribution in [1.82, 2.24) is 31.2 Å². The van der Waals surface area contributed by atoms with Gasteiger partial charge in [-0.05, 0) is 265 Å². The Kier molecular flexibility index (Phi) is 31.9. The van der Waals surface area contributed by atoms with Gasteiger partial charge in [0.15, 0.2) is 17.2 Å². The number of carbonyl (C=O) groups excluding carboxylic acids is 5. The van der Waals surface area contributed by atoms with Crippen LogP contribution in [0.1, 0.15) is 237 Å². The fourth-order valence-electron chi connectivity index (χ4n) is 14.5. The Balaban J connectivity index is 0.000000161. The highest BCUT2D eigenvalue weighted by molar-refractivity contribution is 9.11. The summed E-state index contributed by atoms with van der Waals surface area (Å²) in [6.45, 7) is 26.8. The molecule has 0 spiro atoms. The van der Waals surface area contributed by atoms with Gasteiger partial charge in [0.05, 0.1) is 48.6 Å². The van der Waals surface area contributed by atoms with Crippen LogP contribution in [0.5, 0.6) is 0 Å². The highest BCUT2D eigenvalue weighted by Crippen LogP contribution is 2.38. The lowest BCUT2D eigenvalue weighted by atomic mass is 10.1. The zero-order chi connectivity index (χ0) is 82.8. The summed E-state index contributed by atoms with van der Waals surface area (Å²) in [5.41, 5.74) is 31.4. The second-order valence-electron chi connectivity index (χ2n) is 30.7. The van der Waals surface area contributed by atoms with Gasteiger partial charge in [-0.3, -0.25) is 14.4 Å². The van der Waals surface area contributed by atoms with Crippen LogP contribution in [0, 0.1) is 37.2 Å². The molecule has 0 aliphatic heterocycles. The number of benzene rings is 8. The lowest BCUT2D eigenvalue weighted by Crippen LogP contribution is -2.34. The topological polar surface area (TPSA) is 295 Å². The molecule has 4 amide bonds. The number of nitrogens with two attached hydrogens (primary N) is 2. The Morgan fingerprint density at radius 1 is 0.534 bits per heavy atom. The predicted octanol–water partition coefficient (Wildman–Crippen LogP) is 21.0. The lowest BCUT2D eigenvalue weighted by molar-refractivity contribution is 0.0492. The number of hydrogen-bond acceptors (Lipinski definition) is 14. The smallest absolute Gasteiger partial charge is 0.408 e. The number of oxime groups is 1. The minimum absolute atomic E-state index is 0. The number of amides is 4. The van der Waals surface area contributed by atoms with Gasteiger partial charge in [0, 0.05) is 60.1 Å². The van der Waals surface area contributed by atoms with Crippen LogP contribution in [0.15, 0.2) is 181 Å². The summed E-state index contributed by atoms with van der Waals surface area (Å²) in [5.74, 6) is -0.883. The highest BCUT2D eigenvalue weighted by Gasteiger charge is 2.31. The van der Waals surface area contributed by atoms with Crippen molar-refractivity contribution in [2.45, 2.75) is 186 Å². The van der Waals surface area contributed by atoms with Crippen LogP contribution in [0.2, 0.25) is 0 Å². The quantitative estimate of drug-likeness (QED) is 0.0444. The molecule has 7 aliphatic carbocycles. The van der Waals surface area contributed by atoms with Crippen LogP contribution < -0.4 is 32.7 Å². The van der Waals surface area contributed by atoms with E-state index in [1.165, 1.54) is 63.0 Å². The van der Waals surface area contributed by atoms with Crippen LogP contribution in [0.4, 0.5) is 25.4 Å². The maximum absolute atomic E-state index is 13.4. The molecule has 0 saturated carbocycles. The fourth-order valence-corrected chi connectivity index (χ4v) is 16.1. The number of nitriles is 1. The van der Waals surface area contributed by atoms with E-state index < -0.39 is 23.0 Å². The second kappa shape index (κ2) is 41.2. The number of ketones is 1. The zero-order valence-corrected chi connectivity index (χ0v) is 72.6. The van der Waals surface area contributed by atoms with Gasteiger partial charge in [-0.25, -0.2) is 33.6 Å². The SMILES string of the molecule is CC(C)(C)OC(=O)NC1CCc2cc(Br)ccc21.Cc1cc(CNC(=O)c2cc(C(=O)NC3CCc4cc(C#N)ccc43)ncn2)ccc1F.Cl.NC1CCc2cc(Br)ccc21.O/N=C1\CCc2cc(Br)ccc21.O=C1CCc2cc(Br)ccc21.[C-]#[N+]c1ccc2c(c1)CCC2N.[C-]#[N+]c1ccc2c(c1)CCC2NC(=O)OC(C)(C)C. The van der Waals surface area contributed by atoms with E-state index in [0.717, 1.165) is 152 Å². The van der Waals surface area contributed by atoms with E-state index in [0.29, 0.717) is 23.2 Å². The maximum Gasteiger partial charge on any atom is 0.408 e. The third-order valence-corrected chi connectivity index (χ3v) is 22.1. The standard InChI is InChI=1S/C24H20FN5O2.C15H18N2O2.C14H18BrNO2.C10H10N2.C9H8BrNO.C9H10BrN.C9H7BrO.ClH/c1-14-8-16(3-6-19(14)25)12-27-23(31)21-10-22(29-13-28-21)24(32)30-20-7-4-17-9-15(11-26)2-5-18(17)20;1-15(2,3)19-14(18)17-13-8-5-10-9-11(16-4)6-7-12(10)13;1-14(2,3)18-13(17)16-12-7-4-9-8-10(15)5-6-11(9)12;1-12-8-3-4-9-7(6-8)2-5-10(9)11;10-7-2-3-8-6(5-7)1-4-9(8)11-12;2*10-7-2-3-8-6(5-7)1-4-9(8)11;/h2-3,5-6,8-10,13,20H,4,7,12H2,1H3,(H,27,31)(H,30,32);6-7,9,13H,5,8H2,1-3H3,(H,17,18);5-6,8,12H,4,7H2,1-3H3,(H,16,17);3-4,6,10H,2,5,11H2;2-3,5,12H,1,4H2;2-3,5,9H,1,4,11H2;2-3,5H,1,4H2;1H/b;;;;11-9+;;;. The molecule has 0 bridgehead atoms. The van der Waals surface area contributed by atoms with Crippen molar-refractivity contribution in [2.24, 2.45) is 16.6 Å². The molecule has 9 aromatic rings. The van der Waals surface area contributed by atoms with Crippen molar-refractivity contribution >= 4 is 123 Å². The molecule has 1 aromatic heterocycles. The first-order chi connectivity index (χ1) is 54.8. The molecule has 0 fully saturated rings. The molecule has 16 rings (SSSR count). The lowest BCUT2D eigenvalue weighted by Gasteiger charge is -2.22. The van der Waals surface area contributed by atoms with E-state index in [-0.39, 0.29) is 84.3 Å². The Morgan fingerprint density at radius 2 is 0.957 bits per heavy atom. The number of hydrogen-bond donors (Lipinski definition) is 7. The van der Waals surface area contributed by atoms with E-state index in [1.807, 2.05) is 120 Å². The monoisotopic (exact) mass is 1840 g/mol. The van der Waals surface area contributed by atoms with Gasteiger partial charge in [0.2, 0.25) is 0 Å². The molecule has 5 atom stereocenters. The number of nitrogens with zero attached hydrogens (tertiary/aromatic N) is 6. The Hall–Kier alpha value is -10.0. The summed E-state index contributed by atoms with van der Waals surface area (Å²) in [7, 11) is 0. The van der Waals surface area contributed by atoms with E-state index in [9.17, 15) is 28.4 Å². The number of aromatic nitrogens is 2. The number of halogens is 6. The Labute approximate surface area is 716 Å². The molecule has 7 aliphatic rings. The van der Waals surface area contributed by atoms with Crippen LogP contribution in [-0.2, 0) is 61.0 Å². The summed E-state index contributed by atoms with van der Waals surface area (Å²) >= 11 is 13.7. The molecule has 0 radical (unpaired) electrons.